The Labute approximate surface area is 147 Å². The molecule has 5 heteroatoms. The van der Waals surface area contributed by atoms with Gasteiger partial charge in [-0.25, -0.2) is 4.39 Å². The molecule has 1 saturated heterocycles. The van der Waals surface area contributed by atoms with Crippen LogP contribution in [0.2, 0.25) is 0 Å². The van der Waals surface area contributed by atoms with Crippen LogP contribution in [0.1, 0.15) is 42.1 Å². The number of aliphatic carboxylic acids is 1. The van der Waals surface area contributed by atoms with Crippen LogP contribution >= 0.6 is 0 Å². The molecule has 0 aliphatic carbocycles. The molecule has 1 aromatic heterocycles. The zero-order valence-corrected chi connectivity index (χ0v) is 14.2. The normalized spacial score (nSPS) is 18.2. The molecule has 2 heterocycles. The lowest BCUT2D eigenvalue weighted by Gasteiger charge is -2.32. The van der Waals surface area contributed by atoms with Gasteiger partial charge in [-0.15, -0.1) is 0 Å². The van der Waals surface area contributed by atoms with E-state index in [2.05, 4.69) is 9.88 Å². The molecule has 4 nitrogen and oxygen atoms in total. The minimum absolute atomic E-state index is 0.109. The van der Waals surface area contributed by atoms with E-state index in [1.807, 2.05) is 30.3 Å². The van der Waals surface area contributed by atoms with E-state index in [0.717, 1.165) is 49.4 Å². The fourth-order valence-electron chi connectivity index (χ4n) is 3.39. The third kappa shape index (κ3) is 5.10. The van der Waals surface area contributed by atoms with Crippen LogP contribution in [0.25, 0.3) is 0 Å². The van der Waals surface area contributed by atoms with Crippen LogP contribution in [0.3, 0.4) is 0 Å². The highest BCUT2D eigenvalue weighted by atomic mass is 19.1. The van der Waals surface area contributed by atoms with E-state index < -0.39 is 5.97 Å². The third-order valence-electron chi connectivity index (χ3n) is 4.67. The SMILES string of the molecule is O=C(O)CCc1cccc([C@@H]2CCCN(Cc3ccc(F)cc3)C2)n1. The summed E-state index contributed by atoms with van der Waals surface area (Å²) in [6.07, 6.45) is 2.77. The first kappa shape index (κ1) is 17.5. The first-order valence-corrected chi connectivity index (χ1v) is 8.74. The van der Waals surface area contributed by atoms with Crippen molar-refractivity contribution in [2.45, 2.75) is 38.1 Å². The van der Waals surface area contributed by atoms with E-state index in [9.17, 15) is 9.18 Å². The number of aryl methyl sites for hydroxylation is 1. The van der Waals surface area contributed by atoms with Crippen LogP contribution in [0.15, 0.2) is 42.5 Å². The lowest BCUT2D eigenvalue weighted by atomic mass is 9.93. The Kier molecular flexibility index (Phi) is 5.76. The van der Waals surface area contributed by atoms with Gasteiger partial charge in [-0.2, -0.15) is 0 Å². The van der Waals surface area contributed by atoms with Gasteiger partial charge in [-0.3, -0.25) is 14.7 Å². The van der Waals surface area contributed by atoms with Crippen molar-refractivity contribution in [1.82, 2.24) is 9.88 Å². The highest BCUT2D eigenvalue weighted by Gasteiger charge is 2.22. The second kappa shape index (κ2) is 8.21. The monoisotopic (exact) mass is 342 g/mol. The summed E-state index contributed by atoms with van der Waals surface area (Å²) in [6, 6.07) is 12.6. The zero-order valence-electron chi connectivity index (χ0n) is 14.2. The van der Waals surface area contributed by atoms with E-state index in [1.54, 1.807) is 0 Å². The van der Waals surface area contributed by atoms with Gasteiger partial charge in [0.2, 0.25) is 0 Å². The number of likely N-dealkylation sites (tertiary alicyclic amines) is 1. The fraction of sp³-hybridized carbons (Fsp3) is 0.400. The molecule has 3 rings (SSSR count). The fourth-order valence-corrected chi connectivity index (χ4v) is 3.39. The van der Waals surface area contributed by atoms with Crippen LogP contribution in [-0.2, 0) is 17.8 Å². The first-order valence-electron chi connectivity index (χ1n) is 8.74. The molecule has 1 aliphatic rings. The van der Waals surface area contributed by atoms with Gasteiger partial charge in [0, 0.05) is 36.8 Å². The summed E-state index contributed by atoms with van der Waals surface area (Å²) < 4.78 is 13.0. The van der Waals surface area contributed by atoms with Crippen molar-refractivity contribution in [2.24, 2.45) is 0 Å². The number of carbonyl (C=O) groups is 1. The number of nitrogens with zero attached hydrogens (tertiary/aromatic N) is 2. The van der Waals surface area contributed by atoms with Crippen molar-refractivity contribution in [3.05, 3.63) is 65.2 Å². The molecular weight excluding hydrogens is 319 g/mol. The van der Waals surface area contributed by atoms with Gasteiger partial charge in [-0.05, 0) is 49.2 Å². The van der Waals surface area contributed by atoms with Crippen molar-refractivity contribution in [3.8, 4) is 0 Å². The summed E-state index contributed by atoms with van der Waals surface area (Å²) in [4.78, 5) is 17.8. The third-order valence-corrected chi connectivity index (χ3v) is 4.67. The highest BCUT2D eigenvalue weighted by Crippen LogP contribution is 2.27. The Morgan fingerprint density at radius 3 is 2.80 bits per heavy atom. The minimum atomic E-state index is -0.796. The van der Waals surface area contributed by atoms with Crippen LogP contribution in [0.4, 0.5) is 4.39 Å². The molecule has 0 bridgehead atoms. The molecule has 0 unspecified atom stereocenters. The van der Waals surface area contributed by atoms with Gasteiger partial charge in [0.05, 0.1) is 6.42 Å². The predicted molar refractivity (Wildman–Crippen MR) is 93.8 cm³/mol. The molecular formula is C20H23FN2O2. The second-order valence-electron chi connectivity index (χ2n) is 6.65. The van der Waals surface area contributed by atoms with Gasteiger partial charge in [0.15, 0.2) is 0 Å². The Morgan fingerprint density at radius 1 is 1.24 bits per heavy atom. The average Bonchev–Trinajstić information content (AvgIpc) is 2.62. The smallest absolute Gasteiger partial charge is 0.303 e. The van der Waals surface area contributed by atoms with Crippen molar-refractivity contribution in [2.75, 3.05) is 13.1 Å². The van der Waals surface area contributed by atoms with Crippen molar-refractivity contribution >= 4 is 5.97 Å². The minimum Gasteiger partial charge on any atom is -0.481 e. The Morgan fingerprint density at radius 2 is 2.04 bits per heavy atom. The molecule has 25 heavy (non-hydrogen) atoms. The van der Waals surface area contributed by atoms with Gasteiger partial charge in [-0.1, -0.05) is 18.2 Å². The number of rotatable bonds is 6. The number of hydrogen-bond donors (Lipinski definition) is 1. The number of carboxylic acids is 1. The highest BCUT2D eigenvalue weighted by molar-refractivity contribution is 5.66. The molecule has 2 aromatic rings. The number of aromatic nitrogens is 1. The summed E-state index contributed by atoms with van der Waals surface area (Å²) in [5, 5.41) is 8.83. The van der Waals surface area contributed by atoms with E-state index in [-0.39, 0.29) is 12.2 Å². The van der Waals surface area contributed by atoms with Crippen molar-refractivity contribution < 1.29 is 14.3 Å². The zero-order chi connectivity index (χ0) is 17.6. The van der Waals surface area contributed by atoms with Gasteiger partial charge in [0.1, 0.15) is 5.82 Å². The summed E-state index contributed by atoms with van der Waals surface area (Å²) in [5.41, 5.74) is 3.01. The number of piperidine rings is 1. The quantitative estimate of drug-likeness (QED) is 0.871. The number of pyridine rings is 1. The molecule has 1 atom stereocenters. The number of benzene rings is 1. The van der Waals surface area contributed by atoms with Crippen LogP contribution in [0, 0.1) is 5.82 Å². The van der Waals surface area contributed by atoms with E-state index in [0.29, 0.717) is 12.3 Å². The van der Waals surface area contributed by atoms with Gasteiger partial charge >= 0.3 is 5.97 Å². The van der Waals surface area contributed by atoms with Crippen molar-refractivity contribution in [1.29, 1.82) is 0 Å². The Hall–Kier alpha value is -2.27. The van der Waals surface area contributed by atoms with Crippen LogP contribution in [0.5, 0.6) is 0 Å². The molecule has 0 radical (unpaired) electrons. The average molecular weight is 342 g/mol. The largest absolute Gasteiger partial charge is 0.481 e. The van der Waals surface area contributed by atoms with Crippen LogP contribution < -0.4 is 0 Å². The lowest BCUT2D eigenvalue weighted by molar-refractivity contribution is -0.136. The molecule has 0 amide bonds. The topological polar surface area (TPSA) is 53.4 Å². The van der Waals surface area contributed by atoms with E-state index >= 15 is 0 Å². The number of halogens is 1. The molecule has 1 aliphatic heterocycles. The maximum atomic E-state index is 13.0. The molecule has 1 aromatic carbocycles. The molecule has 1 N–H and O–H groups in total. The number of carboxylic acid groups (broad SMARTS) is 1. The predicted octanol–water partition coefficient (Wildman–Crippen LogP) is 3.62. The van der Waals surface area contributed by atoms with Gasteiger partial charge in [0.25, 0.3) is 0 Å². The summed E-state index contributed by atoms with van der Waals surface area (Å²) >= 11 is 0. The Balaban J connectivity index is 1.63. The molecule has 1 fully saturated rings. The molecule has 0 saturated carbocycles. The van der Waals surface area contributed by atoms with E-state index in [1.165, 1.54) is 12.1 Å². The molecule has 0 spiro atoms. The first-order chi connectivity index (χ1) is 12.1. The van der Waals surface area contributed by atoms with Crippen molar-refractivity contribution in [3.63, 3.8) is 0 Å². The lowest BCUT2D eigenvalue weighted by Crippen LogP contribution is -2.34. The maximum Gasteiger partial charge on any atom is 0.303 e. The standard InChI is InChI=1S/C20H23FN2O2/c21-17-8-6-15(7-9-17)13-23-12-2-3-16(14-23)19-5-1-4-18(22-19)10-11-20(24)25/h1,4-9,16H,2-3,10-14H2,(H,24,25)/t16-/m1/s1. The number of hydrogen-bond acceptors (Lipinski definition) is 3. The van der Waals surface area contributed by atoms with E-state index in [4.69, 9.17) is 5.11 Å². The van der Waals surface area contributed by atoms with Gasteiger partial charge < -0.3 is 5.11 Å². The van der Waals surface area contributed by atoms with Crippen LogP contribution in [-0.4, -0.2) is 34.0 Å². The summed E-state index contributed by atoms with van der Waals surface area (Å²) in [7, 11) is 0. The molecule has 132 valence electrons. The summed E-state index contributed by atoms with van der Waals surface area (Å²) in [6.45, 7) is 2.77. The Bertz CT molecular complexity index is 718. The summed E-state index contributed by atoms with van der Waals surface area (Å²) in [5.74, 6) is -0.642. The maximum absolute atomic E-state index is 13.0. The second-order valence-corrected chi connectivity index (χ2v) is 6.65.